The highest BCUT2D eigenvalue weighted by Gasteiger charge is 2.22. The van der Waals surface area contributed by atoms with Gasteiger partial charge in [0.15, 0.2) is 0 Å². The zero-order valence-electron chi connectivity index (χ0n) is 12.8. The van der Waals surface area contributed by atoms with Crippen molar-refractivity contribution in [3.8, 4) is 0 Å². The van der Waals surface area contributed by atoms with Gasteiger partial charge in [0.25, 0.3) is 5.56 Å². The summed E-state index contributed by atoms with van der Waals surface area (Å²) in [4.78, 5) is 36.6. The molecule has 21 heavy (non-hydrogen) atoms. The minimum atomic E-state index is -1.06. The molecule has 1 aromatic rings. The Balaban J connectivity index is 2.65. The second-order valence-electron chi connectivity index (χ2n) is 5.63. The second kappa shape index (κ2) is 6.68. The Morgan fingerprint density at radius 2 is 2.05 bits per heavy atom. The fourth-order valence-corrected chi connectivity index (χ4v) is 1.97. The zero-order valence-corrected chi connectivity index (χ0v) is 12.8. The Morgan fingerprint density at radius 1 is 1.43 bits per heavy atom. The Morgan fingerprint density at radius 3 is 2.62 bits per heavy atom. The molecule has 118 valence electrons. The number of aliphatic hydroxyl groups is 1. The summed E-state index contributed by atoms with van der Waals surface area (Å²) in [6.07, 6.45) is 1.28. The molecule has 0 fully saturated rings. The number of hydrogen-bond donors (Lipinski definition) is 2. The molecule has 1 amide bonds. The predicted octanol–water partition coefficient (Wildman–Crippen LogP) is -2.02. The fraction of sp³-hybridized carbons (Fsp3) is 0.615. The molecule has 0 saturated carbocycles. The predicted molar refractivity (Wildman–Crippen MR) is 78.1 cm³/mol. The standard InChI is InChI=1S/C13H22N4O4/c1-13(21,9-15(2)3)8-14-10(18)7-17-6-5-11(19)16(4)12(17)20/h5-6,21H,7-9H2,1-4H3,(H,14,18). The van der Waals surface area contributed by atoms with E-state index in [9.17, 15) is 19.5 Å². The molecule has 1 unspecified atom stereocenters. The molecule has 1 aromatic heterocycles. The number of likely N-dealkylation sites (N-methyl/N-ethyl adjacent to an activating group) is 1. The molecule has 8 heteroatoms. The van der Waals surface area contributed by atoms with Gasteiger partial charge in [-0.2, -0.15) is 0 Å². The van der Waals surface area contributed by atoms with Gasteiger partial charge >= 0.3 is 5.69 Å². The molecule has 0 spiro atoms. The number of carbonyl (C=O) groups is 1. The molecule has 0 bridgehead atoms. The lowest BCUT2D eigenvalue weighted by Crippen LogP contribution is -2.48. The fourth-order valence-electron chi connectivity index (χ4n) is 1.97. The largest absolute Gasteiger partial charge is 0.387 e. The van der Waals surface area contributed by atoms with E-state index in [4.69, 9.17) is 0 Å². The summed E-state index contributed by atoms with van der Waals surface area (Å²) >= 11 is 0. The normalized spacial score (nSPS) is 14.0. The summed E-state index contributed by atoms with van der Waals surface area (Å²) in [6.45, 7) is 1.88. The third kappa shape index (κ3) is 5.16. The summed E-state index contributed by atoms with van der Waals surface area (Å²) in [7, 11) is 4.99. The number of rotatable bonds is 6. The van der Waals surface area contributed by atoms with Crippen LogP contribution in [0.2, 0.25) is 0 Å². The first-order chi connectivity index (χ1) is 9.62. The number of hydrogen-bond acceptors (Lipinski definition) is 5. The molecule has 0 aliphatic heterocycles. The Labute approximate surface area is 122 Å². The molecule has 1 heterocycles. The van der Waals surface area contributed by atoms with E-state index in [-0.39, 0.29) is 13.1 Å². The lowest BCUT2D eigenvalue weighted by molar-refractivity contribution is -0.123. The first kappa shape index (κ1) is 17.1. The molecule has 1 rings (SSSR count). The molecule has 0 radical (unpaired) electrons. The molecule has 0 aliphatic carbocycles. The van der Waals surface area contributed by atoms with Crippen LogP contribution in [0.4, 0.5) is 0 Å². The molecule has 0 saturated heterocycles. The van der Waals surface area contributed by atoms with Crippen LogP contribution in [-0.4, -0.2) is 57.8 Å². The Bertz CT molecular complexity index is 615. The van der Waals surface area contributed by atoms with Gasteiger partial charge in [-0.15, -0.1) is 0 Å². The van der Waals surface area contributed by atoms with E-state index in [1.54, 1.807) is 6.92 Å². The van der Waals surface area contributed by atoms with Gasteiger partial charge in [0.05, 0.1) is 5.60 Å². The van der Waals surface area contributed by atoms with E-state index in [1.165, 1.54) is 19.3 Å². The average molecular weight is 298 g/mol. The van der Waals surface area contributed by atoms with E-state index in [1.807, 2.05) is 19.0 Å². The molecule has 2 N–H and O–H groups in total. The van der Waals surface area contributed by atoms with Crippen LogP contribution < -0.4 is 16.6 Å². The molecule has 0 aliphatic rings. The van der Waals surface area contributed by atoms with Crippen LogP contribution in [0, 0.1) is 0 Å². The summed E-state index contributed by atoms with van der Waals surface area (Å²) in [5.74, 6) is -0.408. The number of nitrogens with one attached hydrogen (secondary N) is 1. The van der Waals surface area contributed by atoms with Gasteiger partial charge in [-0.25, -0.2) is 4.79 Å². The van der Waals surface area contributed by atoms with Crippen LogP contribution in [0.15, 0.2) is 21.9 Å². The van der Waals surface area contributed by atoms with Crippen molar-refractivity contribution in [2.24, 2.45) is 7.05 Å². The third-order valence-corrected chi connectivity index (χ3v) is 2.90. The van der Waals surface area contributed by atoms with Gasteiger partial charge in [-0.1, -0.05) is 0 Å². The van der Waals surface area contributed by atoms with Crippen LogP contribution in [0.25, 0.3) is 0 Å². The van der Waals surface area contributed by atoms with Gasteiger partial charge < -0.3 is 15.3 Å². The summed E-state index contributed by atoms with van der Waals surface area (Å²) in [6, 6.07) is 1.22. The molecular formula is C13H22N4O4. The first-order valence-corrected chi connectivity index (χ1v) is 6.53. The van der Waals surface area contributed by atoms with Crippen LogP contribution >= 0.6 is 0 Å². The lowest BCUT2D eigenvalue weighted by atomic mass is 10.1. The van der Waals surface area contributed by atoms with E-state index < -0.39 is 22.8 Å². The van der Waals surface area contributed by atoms with Crippen molar-refractivity contribution < 1.29 is 9.90 Å². The number of aromatic nitrogens is 2. The maximum absolute atomic E-state index is 11.8. The number of amides is 1. The lowest BCUT2D eigenvalue weighted by Gasteiger charge is -2.27. The highest BCUT2D eigenvalue weighted by molar-refractivity contribution is 5.75. The van der Waals surface area contributed by atoms with Gasteiger partial charge in [-0.3, -0.25) is 18.7 Å². The Kier molecular flexibility index (Phi) is 5.45. The minimum Gasteiger partial charge on any atom is -0.387 e. The smallest absolute Gasteiger partial charge is 0.331 e. The van der Waals surface area contributed by atoms with Crippen molar-refractivity contribution >= 4 is 5.91 Å². The van der Waals surface area contributed by atoms with E-state index >= 15 is 0 Å². The quantitative estimate of drug-likeness (QED) is 0.632. The monoisotopic (exact) mass is 298 g/mol. The average Bonchev–Trinajstić information content (AvgIpc) is 2.36. The van der Waals surface area contributed by atoms with Crippen molar-refractivity contribution in [3.05, 3.63) is 33.1 Å². The van der Waals surface area contributed by atoms with Crippen LogP contribution in [0.1, 0.15) is 6.92 Å². The summed E-state index contributed by atoms with van der Waals surface area (Å²) in [5, 5.41) is 12.6. The van der Waals surface area contributed by atoms with E-state index in [0.717, 1.165) is 9.13 Å². The van der Waals surface area contributed by atoms with Gasteiger partial charge in [0.2, 0.25) is 5.91 Å². The van der Waals surface area contributed by atoms with E-state index in [0.29, 0.717) is 6.54 Å². The molecular weight excluding hydrogens is 276 g/mol. The molecule has 1 atom stereocenters. The van der Waals surface area contributed by atoms with Crippen molar-refractivity contribution in [2.75, 3.05) is 27.2 Å². The highest BCUT2D eigenvalue weighted by Crippen LogP contribution is 2.02. The highest BCUT2D eigenvalue weighted by atomic mass is 16.3. The second-order valence-corrected chi connectivity index (χ2v) is 5.63. The maximum atomic E-state index is 11.8. The first-order valence-electron chi connectivity index (χ1n) is 6.53. The summed E-state index contributed by atoms with van der Waals surface area (Å²) in [5.41, 5.74) is -2.04. The minimum absolute atomic E-state index is 0.0739. The SMILES string of the molecule is CN(C)CC(C)(O)CNC(=O)Cn1ccc(=O)n(C)c1=O. The topological polar surface area (TPSA) is 96.6 Å². The molecule has 0 aromatic carbocycles. The van der Waals surface area contributed by atoms with Crippen molar-refractivity contribution in [2.45, 2.75) is 19.1 Å². The third-order valence-electron chi connectivity index (χ3n) is 2.90. The van der Waals surface area contributed by atoms with Crippen molar-refractivity contribution in [3.63, 3.8) is 0 Å². The van der Waals surface area contributed by atoms with Gasteiger partial charge in [0.1, 0.15) is 6.54 Å². The van der Waals surface area contributed by atoms with Gasteiger partial charge in [-0.05, 0) is 21.0 Å². The van der Waals surface area contributed by atoms with Crippen molar-refractivity contribution in [1.29, 1.82) is 0 Å². The maximum Gasteiger partial charge on any atom is 0.331 e. The van der Waals surface area contributed by atoms with Crippen LogP contribution in [-0.2, 0) is 18.4 Å². The van der Waals surface area contributed by atoms with Gasteiger partial charge in [0, 0.05) is 32.4 Å². The van der Waals surface area contributed by atoms with Crippen LogP contribution in [0.5, 0.6) is 0 Å². The number of carbonyl (C=O) groups excluding carboxylic acids is 1. The van der Waals surface area contributed by atoms with E-state index in [2.05, 4.69) is 5.32 Å². The van der Waals surface area contributed by atoms with Crippen molar-refractivity contribution in [1.82, 2.24) is 19.4 Å². The molecule has 8 nitrogen and oxygen atoms in total. The van der Waals surface area contributed by atoms with Crippen LogP contribution in [0.3, 0.4) is 0 Å². The zero-order chi connectivity index (χ0) is 16.2. The Hall–Kier alpha value is -1.93. The number of nitrogens with zero attached hydrogens (tertiary/aromatic N) is 3. The summed E-state index contributed by atoms with van der Waals surface area (Å²) < 4.78 is 2.06.